The second-order valence-corrected chi connectivity index (χ2v) is 4.35. The maximum atomic E-state index is 8.85. The molecule has 2 nitrogen and oxygen atoms in total. The molecule has 1 unspecified atom stereocenters. The average molecular weight is 154 g/mol. The fourth-order valence-electron chi connectivity index (χ4n) is 0.258. The molecule has 0 aliphatic heterocycles. The second kappa shape index (κ2) is 5.83. The van der Waals surface area contributed by atoms with Crippen LogP contribution in [0.3, 0.4) is 0 Å². The van der Waals surface area contributed by atoms with Crippen molar-refractivity contribution in [3.8, 4) is 0 Å². The van der Waals surface area contributed by atoms with E-state index < -0.39 is 7.58 Å². The molecule has 0 fully saturated rings. The molecule has 0 rings (SSSR count). The van der Waals surface area contributed by atoms with E-state index in [0.29, 0.717) is 6.61 Å². The van der Waals surface area contributed by atoms with Gasteiger partial charge in [-0.15, -0.1) is 0 Å². The van der Waals surface area contributed by atoms with Gasteiger partial charge in [0.15, 0.2) is 0 Å². The predicted octanol–water partition coefficient (Wildman–Crippen LogP) is 2.00. The minimum absolute atomic E-state index is 0.606. The molecule has 0 aromatic carbocycles. The van der Waals surface area contributed by atoms with Gasteiger partial charge in [-0.25, -0.2) is 0 Å². The highest BCUT2D eigenvalue weighted by molar-refractivity contribution is 8.52. The zero-order chi connectivity index (χ0) is 6.41. The third-order valence-corrected chi connectivity index (χ3v) is 3.19. The number of hydrogen-bond acceptors (Lipinski definition) is 3. The van der Waals surface area contributed by atoms with Gasteiger partial charge >= 0.3 is 0 Å². The Kier molecular flexibility index (Phi) is 6.34. The number of rotatable bonds is 4. The van der Waals surface area contributed by atoms with Crippen LogP contribution in [0.2, 0.25) is 0 Å². The van der Waals surface area contributed by atoms with E-state index in [1.165, 1.54) is 11.4 Å². The third-order valence-electron chi connectivity index (χ3n) is 0.479. The summed E-state index contributed by atoms with van der Waals surface area (Å²) in [5.41, 5.74) is 0. The van der Waals surface area contributed by atoms with Gasteiger partial charge in [0.25, 0.3) is 0 Å². The molecule has 0 saturated carbocycles. The van der Waals surface area contributed by atoms with Crippen LogP contribution in [-0.2, 0) is 4.52 Å². The molecule has 8 heavy (non-hydrogen) atoms. The van der Waals surface area contributed by atoms with Gasteiger partial charge in [-0.05, 0) is 12.7 Å². The van der Waals surface area contributed by atoms with Crippen molar-refractivity contribution in [1.82, 2.24) is 0 Å². The van der Waals surface area contributed by atoms with E-state index in [2.05, 4.69) is 0 Å². The van der Waals surface area contributed by atoms with E-state index in [-0.39, 0.29) is 0 Å². The van der Waals surface area contributed by atoms with Gasteiger partial charge in [-0.3, -0.25) is 0 Å². The molecule has 1 N–H and O–H groups in total. The van der Waals surface area contributed by atoms with Crippen molar-refractivity contribution in [2.24, 2.45) is 0 Å². The van der Waals surface area contributed by atoms with E-state index in [9.17, 15) is 0 Å². The van der Waals surface area contributed by atoms with Gasteiger partial charge in [-0.2, -0.15) is 0 Å². The zero-order valence-corrected chi connectivity index (χ0v) is 6.84. The zero-order valence-electron chi connectivity index (χ0n) is 5.13. The van der Waals surface area contributed by atoms with Crippen molar-refractivity contribution < 1.29 is 9.42 Å². The fourth-order valence-corrected chi connectivity index (χ4v) is 1.98. The summed E-state index contributed by atoms with van der Waals surface area (Å²) in [5.74, 6) is 0.919. The first-order valence-electron chi connectivity index (χ1n) is 2.56. The Morgan fingerprint density at radius 2 is 2.25 bits per heavy atom. The Hall–Kier alpha value is 0.700. The molecule has 0 aliphatic carbocycles. The standard InChI is InChI=1S/C4H11O2PS/c1-3-6-7(5)8-4-2/h5H,3-4H2,1-2H3. The average Bonchev–Trinajstić information content (AvgIpc) is 1.68. The van der Waals surface area contributed by atoms with Crippen LogP contribution in [0, 0.1) is 0 Å². The Balaban J connectivity index is 2.92. The molecule has 0 radical (unpaired) electrons. The Labute approximate surface area is 55.3 Å². The molecular weight excluding hydrogens is 143 g/mol. The van der Waals surface area contributed by atoms with Crippen molar-refractivity contribution in [3.63, 3.8) is 0 Å². The van der Waals surface area contributed by atoms with Crippen LogP contribution < -0.4 is 0 Å². The Morgan fingerprint density at radius 3 is 2.62 bits per heavy atom. The molecule has 1 atom stereocenters. The molecule has 0 aromatic rings. The summed E-state index contributed by atoms with van der Waals surface area (Å²) in [7, 11) is -1.16. The van der Waals surface area contributed by atoms with Crippen LogP contribution in [0.5, 0.6) is 0 Å². The minimum Gasteiger partial charge on any atom is -0.342 e. The predicted molar refractivity (Wildman–Crippen MR) is 38.9 cm³/mol. The van der Waals surface area contributed by atoms with Gasteiger partial charge in [-0.1, -0.05) is 18.3 Å². The topological polar surface area (TPSA) is 29.5 Å². The molecule has 0 amide bonds. The second-order valence-electron chi connectivity index (χ2n) is 1.07. The third kappa shape index (κ3) is 4.85. The lowest BCUT2D eigenvalue weighted by Crippen LogP contribution is -1.78. The number of hydrogen-bond donors (Lipinski definition) is 1. The molecule has 0 aromatic heterocycles. The van der Waals surface area contributed by atoms with E-state index in [0.717, 1.165) is 5.75 Å². The van der Waals surface area contributed by atoms with E-state index in [1.54, 1.807) is 0 Å². The van der Waals surface area contributed by atoms with Crippen LogP contribution in [0.25, 0.3) is 0 Å². The molecular formula is C4H11O2PS. The highest BCUT2D eigenvalue weighted by Crippen LogP contribution is 2.45. The van der Waals surface area contributed by atoms with Crippen molar-refractivity contribution >= 4 is 19.0 Å². The van der Waals surface area contributed by atoms with Crippen molar-refractivity contribution in [2.75, 3.05) is 12.4 Å². The summed E-state index contributed by atoms with van der Waals surface area (Å²) in [6, 6.07) is 0. The normalized spacial score (nSPS) is 13.9. The fraction of sp³-hybridized carbons (Fsp3) is 1.00. The smallest absolute Gasteiger partial charge is 0.235 e. The summed E-state index contributed by atoms with van der Waals surface area (Å²) in [6.45, 7) is 4.48. The first-order chi connectivity index (χ1) is 3.81. The molecule has 0 aliphatic rings. The van der Waals surface area contributed by atoms with Gasteiger partial charge in [0.1, 0.15) is 0 Å². The molecule has 0 bridgehead atoms. The van der Waals surface area contributed by atoms with Crippen LogP contribution in [-0.4, -0.2) is 17.3 Å². The molecule has 50 valence electrons. The van der Waals surface area contributed by atoms with Gasteiger partial charge in [0.2, 0.25) is 7.58 Å². The lowest BCUT2D eigenvalue weighted by molar-refractivity contribution is 0.343. The minimum atomic E-state index is -1.16. The molecule has 0 heterocycles. The first kappa shape index (κ1) is 8.70. The lowest BCUT2D eigenvalue weighted by Gasteiger charge is -2.04. The Morgan fingerprint density at radius 1 is 1.62 bits per heavy atom. The SMILES string of the molecule is CCOP(O)SCC. The van der Waals surface area contributed by atoms with E-state index in [4.69, 9.17) is 9.42 Å². The van der Waals surface area contributed by atoms with Crippen LogP contribution in [0.4, 0.5) is 0 Å². The Bertz CT molecular complexity index is 47.3. The summed E-state index contributed by atoms with van der Waals surface area (Å²) >= 11 is 1.45. The maximum absolute atomic E-state index is 8.85. The van der Waals surface area contributed by atoms with Crippen LogP contribution >= 0.6 is 19.0 Å². The van der Waals surface area contributed by atoms with Crippen molar-refractivity contribution in [3.05, 3.63) is 0 Å². The monoisotopic (exact) mass is 154 g/mol. The molecule has 4 heteroatoms. The summed E-state index contributed by atoms with van der Waals surface area (Å²) < 4.78 is 4.87. The summed E-state index contributed by atoms with van der Waals surface area (Å²) in [4.78, 5) is 8.85. The summed E-state index contributed by atoms with van der Waals surface area (Å²) in [6.07, 6.45) is 0. The lowest BCUT2D eigenvalue weighted by atomic mass is 10.9. The highest BCUT2D eigenvalue weighted by atomic mass is 32.7. The molecule has 0 saturated heterocycles. The van der Waals surface area contributed by atoms with Crippen LogP contribution in [0.1, 0.15) is 13.8 Å². The van der Waals surface area contributed by atoms with E-state index >= 15 is 0 Å². The van der Waals surface area contributed by atoms with Crippen LogP contribution in [0.15, 0.2) is 0 Å². The quantitative estimate of drug-likeness (QED) is 0.628. The largest absolute Gasteiger partial charge is 0.342 e. The van der Waals surface area contributed by atoms with Gasteiger partial charge < -0.3 is 9.42 Å². The van der Waals surface area contributed by atoms with Crippen molar-refractivity contribution in [2.45, 2.75) is 13.8 Å². The maximum Gasteiger partial charge on any atom is 0.235 e. The van der Waals surface area contributed by atoms with Crippen molar-refractivity contribution in [1.29, 1.82) is 0 Å². The van der Waals surface area contributed by atoms with Gasteiger partial charge in [0.05, 0.1) is 6.61 Å². The first-order valence-corrected chi connectivity index (χ1v) is 5.36. The van der Waals surface area contributed by atoms with Gasteiger partial charge in [0, 0.05) is 0 Å². The van der Waals surface area contributed by atoms with E-state index in [1.807, 2.05) is 13.8 Å². The summed E-state index contributed by atoms with van der Waals surface area (Å²) in [5, 5.41) is 0. The molecule has 0 spiro atoms. The highest BCUT2D eigenvalue weighted by Gasteiger charge is 1.99.